The zero-order chi connectivity index (χ0) is 29.9. The number of benzene rings is 2. The van der Waals surface area contributed by atoms with E-state index in [-0.39, 0.29) is 12.8 Å². The fourth-order valence-electron chi connectivity index (χ4n) is 5.57. The Morgan fingerprint density at radius 1 is 1.07 bits per heavy atom. The molecule has 0 saturated carbocycles. The smallest absolute Gasteiger partial charge is 0.418 e. The monoisotopic (exact) mass is 576 g/mol. The van der Waals surface area contributed by atoms with Crippen molar-refractivity contribution in [2.75, 3.05) is 11.9 Å². The lowest BCUT2D eigenvalue weighted by Crippen LogP contribution is -2.52. The summed E-state index contributed by atoms with van der Waals surface area (Å²) in [6.07, 6.45) is -6.16. The van der Waals surface area contributed by atoms with Gasteiger partial charge in [0.05, 0.1) is 5.54 Å². The topological polar surface area (TPSA) is 122 Å². The summed E-state index contributed by atoms with van der Waals surface area (Å²) in [5, 5.41) is 2.68. The number of anilines is 1. The van der Waals surface area contributed by atoms with Crippen LogP contribution < -0.4 is 11.1 Å². The predicted octanol–water partition coefficient (Wildman–Crippen LogP) is 3.53. The molecule has 1 saturated heterocycles. The number of nitrogens with two attached hydrogens (primary N) is 1. The van der Waals surface area contributed by atoms with Gasteiger partial charge in [0, 0.05) is 24.2 Å². The second-order valence-corrected chi connectivity index (χ2v) is 11.2. The van der Waals surface area contributed by atoms with E-state index in [1.54, 1.807) is 19.9 Å². The number of imide groups is 1. The summed E-state index contributed by atoms with van der Waals surface area (Å²) in [5.74, 6) is -2.98. The van der Waals surface area contributed by atoms with E-state index in [4.69, 9.17) is 10.5 Å². The molecule has 0 bridgehead atoms. The van der Waals surface area contributed by atoms with Gasteiger partial charge in [-0.1, -0.05) is 12.1 Å². The largest absolute Gasteiger partial charge is 0.427 e. The van der Waals surface area contributed by atoms with Crippen molar-refractivity contribution in [3.8, 4) is 0 Å². The molecule has 41 heavy (non-hydrogen) atoms. The highest BCUT2D eigenvalue weighted by Gasteiger charge is 2.59. The molecule has 4 amide bonds. The maximum Gasteiger partial charge on any atom is 0.418 e. The lowest BCUT2D eigenvalue weighted by molar-refractivity contribution is -0.192. The number of ether oxygens (including phenoxy) is 1. The number of halogens is 4. The summed E-state index contributed by atoms with van der Waals surface area (Å²) in [4.78, 5) is 53.1. The number of amides is 4. The van der Waals surface area contributed by atoms with Gasteiger partial charge < -0.3 is 20.7 Å². The van der Waals surface area contributed by atoms with E-state index in [1.165, 1.54) is 18.2 Å². The number of fused-ring (bicyclic) bond motifs is 3. The maximum absolute atomic E-state index is 14.0. The number of hydrogen-bond donors (Lipinski definition) is 2. The fourth-order valence-corrected chi connectivity index (χ4v) is 5.57. The number of nitrogens with zero attached hydrogens (tertiary/aromatic N) is 2. The molecule has 2 aromatic rings. The Bertz CT molecular complexity index is 1450. The predicted molar refractivity (Wildman–Crippen MR) is 137 cm³/mol. The molecule has 9 nitrogen and oxygen atoms in total. The third-order valence-electron chi connectivity index (χ3n) is 7.77. The van der Waals surface area contributed by atoms with Gasteiger partial charge in [-0.05, 0) is 74.1 Å². The molecule has 218 valence electrons. The van der Waals surface area contributed by atoms with Gasteiger partial charge >= 0.3 is 12.3 Å². The van der Waals surface area contributed by atoms with Crippen molar-refractivity contribution in [1.82, 2.24) is 9.80 Å². The first-order valence-corrected chi connectivity index (χ1v) is 13.0. The highest BCUT2D eigenvalue weighted by molar-refractivity contribution is 6.06. The Labute approximate surface area is 232 Å². The molecule has 2 heterocycles. The van der Waals surface area contributed by atoms with Gasteiger partial charge in [0.15, 0.2) is 0 Å². The van der Waals surface area contributed by atoms with Crippen molar-refractivity contribution >= 4 is 29.5 Å². The lowest BCUT2D eigenvalue weighted by atomic mass is 9.94. The van der Waals surface area contributed by atoms with Gasteiger partial charge in [-0.15, -0.1) is 0 Å². The summed E-state index contributed by atoms with van der Waals surface area (Å²) in [5.41, 5.74) is 5.08. The molecule has 0 radical (unpaired) electrons. The molecule has 1 fully saturated rings. The number of aryl methyl sites for hydroxylation is 2. The van der Waals surface area contributed by atoms with E-state index in [9.17, 15) is 36.7 Å². The minimum atomic E-state index is -4.79. The zero-order valence-corrected chi connectivity index (χ0v) is 22.3. The molecule has 0 aromatic heterocycles. The van der Waals surface area contributed by atoms with Crippen LogP contribution in [-0.2, 0) is 44.1 Å². The van der Waals surface area contributed by atoms with E-state index in [2.05, 4.69) is 5.32 Å². The quantitative estimate of drug-likeness (QED) is 0.538. The van der Waals surface area contributed by atoms with Crippen LogP contribution in [0.25, 0.3) is 0 Å². The van der Waals surface area contributed by atoms with E-state index in [0.717, 1.165) is 12.1 Å². The molecule has 2 atom stereocenters. The van der Waals surface area contributed by atoms with Gasteiger partial charge in [0.25, 0.3) is 5.91 Å². The van der Waals surface area contributed by atoms with Crippen LogP contribution >= 0.6 is 0 Å². The van der Waals surface area contributed by atoms with Crippen molar-refractivity contribution in [3.63, 3.8) is 0 Å². The number of nitrogens with one attached hydrogen (secondary N) is 1. The minimum Gasteiger partial charge on any atom is -0.427 e. The van der Waals surface area contributed by atoms with Crippen LogP contribution in [0.4, 0.5) is 28.0 Å². The zero-order valence-electron chi connectivity index (χ0n) is 22.3. The SMILES string of the molecule is CC(C)(N)C(=O)Nc1ccc2c(c1)CCC21OC(=O)N(CC(=O)N2Cc3ccc(F)cc3CC[C@H]2C(F)(F)F)C1=O. The molecule has 1 aliphatic carbocycles. The van der Waals surface area contributed by atoms with Gasteiger partial charge in [-0.3, -0.25) is 14.4 Å². The molecular weight excluding hydrogens is 548 g/mol. The summed E-state index contributed by atoms with van der Waals surface area (Å²) >= 11 is 0. The number of hydrogen-bond acceptors (Lipinski definition) is 6. The molecule has 1 spiro atoms. The normalized spacial score (nSPS) is 22.4. The summed E-state index contributed by atoms with van der Waals surface area (Å²) in [7, 11) is 0. The van der Waals surface area contributed by atoms with Crippen LogP contribution in [0.5, 0.6) is 0 Å². The minimum absolute atomic E-state index is 0.0607. The van der Waals surface area contributed by atoms with Crippen molar-refractivity contribution in [1.29, 1.82) is 0 Å². The average molecular weight is 577 g/mol. The molecule has 3 aliphatic rings. The van der Waals surface area contributed by atoms with Crippen LogP contribution in [-0.4, -0.2) is 57.9 Å². The number of carbonyl (C=O) groups is 4. The molecule has 13 heteroatoms. The molecule has 1 unspecified atom stereocenters. The Balaban J connectivity index is 1.38. The van der Waals surface area contributed by atoms with Gasteiger partial charge in [-0.2, -0.15) is 13.2 Å². The molecule has 5 rings (SSSR count). The van der Waals surface area contributed by atoms with Crippen LogP contribution in [0.3, 0.4) is 0 Å². The number of carbonyl (C=O) groups excluding carboxylic acids is 4. The van der Waals surface area contributed by atoms with E-state index >= 15 is 0 Å². The highest BCUT2D eigenvalue weighted by Crippen LogP contribution is 2.46. The summed E-state index contributed by atoms with van der Waals surface area (Å²) in [6, 6.07) is 6.08. The van der Waals surface area contributed by atoms with E-state index in [1.807, 2.05) is 0 Å². The van der Waals surface area contributed by atoms with Crippen molar-refractivity contribution in [2.24, 2.45) is 5.73 Å². The molecule has 2 aliphatic heterocycles. The second-order valence-electron chi connectivity index (χ2n) is 11.2. The van der Waals surface area contributed by atoms with E-state index < -0.39 is 72.5 Å². The first kappa shape index (κ1) is 28.5. The first-order valence-electron chi connectivity index (χ1n) is 13.0. The summed E-state index contributed by atoms with van der Waals surface area (Å²) < 4.78 is 61.3. The third kappa shape index (κ3) is 5.14. The van der Waals surface area contributed by atoms with Gasteiger partial charge in [-0.25, -0.2) is 14.1 Å². The van der Waals surface area contributed by atoms with Crippen LogP contribution in [0.2, 0.25) is 0 Å². The highest BCUT2D eigenvalue weighted by atomic mass is 19.4. The van der Waals surface area contributed by atoms with Crippen molar-refractivity contribution < 1.29 is 41.5 Å². The average Bonchev–Trinajstić information content (AvgIpc) is 3.25. The molecule has 3 N–H and O–H groups in total. The van der Waals surface area contributed by atoms with E-state index in [0.29, 0.717) is 44.2 Å². The van der Waals surface area contributed by atoms with Gasteiger partial charge in [0.1, 0.15) is 18.4 Å². The van der Waals surface area contributed by atoms with Crippen LogP contribution in [0, 0.1) is 5.82 Å². The third-order valence-corrected chi connectivity index (χ3v) is 7.77. The Kier molecular flexibility index (Phi) is 6.84. The lowest BCUT2D eigenvalue weighted by Gasteiger charge is -2.32. The fraction of sp³-hybridized carbons (Fsp3) is 0.429. The standard InChI is InChI=1S/C28H28F4N4O5/c1-26(2,33)23(38)34-19-6-7-20-16(12-19)9-10-27(20)24(39)36(25(40)41-27)14-22(37)35-13-17-3-5-18(29)11-15(17)4-8-21(35)28(30,31)32/h3,5-7,11-12,21H,4,8-10,13-14,33H2,1-2H3,(H,34,38)/t21-,27?/m0/s1. The number of rotatable bonds is 4. The molecular formula is C28H28F4N4O5. The second kappa shape index (κ2) is 9.82. The maximum atomic E-state index is 14.0. The molecule has 2 aromatic carbocycles. The first-order chi connectivity index (χ1) is 19.1. The Morgan fingerprint density at radius 3 is 2.49 bits per heavy atom. The van der Waals surface area contributed by atoms with Crippen LogP contribution in [0.15, 0.2) is 36.4 Å². The number of alkyl halides is 3. The Hall–Kier alpha value is -4.00. The van der Waals surface area contributed by atoms with Crippen LogP contribution in [0.1, 0.15) is 48.9 Å². The van der Waals surface area contributed by atoms with Crippen molar-refractivity contribution in [2.45, 2.75) is 69.4 Å². The Morgan fingerprint density at radius 2 is 1.80 bits per heavy atom. The van der Waals surface area contributed by atoms with Crippen molar-refractivity contribution in [3.05, 3.63) is 64.5 Å². The summed E-state index contributed by atoms with van der Waals surface area (Å²) in [6.45, 7) is 1.67. The van der Waals surface area contributed by atoms with Gasteiger partial charge in [0.2, 0.25) is 17.4 Å².